The molecule has 0 aromatic heterocycles. The zero-order chi connectivity index (χ0) is 26.1. The van der Waals surface area contributed by atoms with Crippen LogP contribution in [0.2, 0.25) is 0 Å². The lowest BCUT2D eigenvalue weighted by Crippen LogP contribution is -2.54. The highest BCUT2D eigenvalue weighted by Crippen LogP contribution is 2.24. The Balaban J connectivity index is 3.43. The molecule has 0 aliphatic heterocycles. The minimum Gasteiger partial charge on any atom is -0.444 e. The van der Waals surface area contributed by atoms with Crippen molar-refractivity contribution in [2.45, 2.75) is 78.1 Å². The van der Waals surface area contributed by atoms with Crippen LogP contribution in [0.1, 0.15) is 65.1 Å². The molecule has 9 nitrogen and oxygen atoms in total. The number of carbonyl (C=O) groups is 4. The number of nitrogens with zero attached hydrogens (tertiary/aromatic N) is 1. The van der Waals surface area contributed by atoms with Crippen LogP contribution in [0.15, 0.2) is 36.9 Å². The Bertz CT molecular complexity index is 874. The molecule has 0 saturated heterocycles. The fraction of sp³-hybridized carbons (Fsp3) is 0.520. The van der Waals surface area contributed by atoms with Crippen LogP contribution in [0, 0.1) is 0 Å². The van der Waals surface area contributed by atoms with Crippen molar-refractivity contribution >= 4 is 23.8 Å². The predicted octanol–water partition coefficient (Wildman–Crippen LogP) is 2.60. The lowest BCUT2D eigenvalue weighted by Gasteiger charge is -2.34. The number of hydrogen-bond acceptors (Lipinski definition) is 5. The van der Waals surface area contributed by atoms with Crippen LogP contribution in [-0.2, 0) is 25.5 Å². The molecular weight excluding hydrogens is 436 g/mol. The van der Waals surface area contributed by atoms with Gasteiger partial charge in [-0.25, -0.2) is 4.79 Å². The Morgan fingerprint density at radius 1 is 1.12 bits per heavy atom. The van der Waals surface area contributed by atoms with Gasteiger partial charge in [-0.05, 0) is 52.2 Å². The van der Waals surface area contributed by atoms with Gasteiger partial charge in [-0.2, -0.15) is 0 Å². The van der Waals surface area contributed by atoms with Gasteiger partial charge in [-0.1, -0.05) is 37.3 Å². The van der Waals surface area contributed by atoms with Crippen LogP contribution in [0.5, 0.6) is 0 Å². The summed E-state index contributed by atoms with van der Waals surface area (Å²) in [5.41, 5.74) is 6.20. The molecule has 0 radical (unpaired) electrons. The van der Waals surface area contributed by atoms with Gasteiger partial charge in [0, 0.05) is 12.6 Å². The molecule has 0 heterocycles. The Kier molecular flexibility index (Phi) is 10.8. The Morgan fingerprint density at radius 2 is 1.71 bits per heavy atom. The van der Waals surface area contributed by atoms with Crippen LogP contribution in [0.25, 0.3) is 0 Å². The van der Waals surface area contributed by atoms with E-state index in [1.165, 1.54) is 11.0 Å². The van der Waals surface area contributed by atoms with Gasteiger partial charge in [0.25, 0.3) is 0 Å². The molecule has 4 amide bonds. The van der Waals surface area contributed by atoms with E-state index >= 15 is 0 Å². The Morgan fingerprint density at radius 3 is 2.15 bits per heavy atom. The van der Waals surface area contributed by atoms with Crippen LogP contribution < -0.4 is 16.4 Å². The molecule has 2 atom stereocenters. The van der Waals surface area contributed by atoms with E-state index in [0.717, 1.165) is 12.0 Å². The zero-order valence-corrected chi connectivity index (χ0v) is 21.0. The standard InChI is InChI=1S/C25H38N4O5/c1-8-14-29(23(32)19(15-20(26)30)28-24(33)34-25(5,6)7)21(22(31)27-16(3)4)18-12-10-17(9-2)11-13-18/h8,10-13,16,19,21H,1,9,14-15H2,2-7H3,(H2,26,30)(H,27,31)(H,28,33). The van der Waals surface area contributed by atoms with Crippen LogP contribution in [0.3, 0.4) is 0 Å². The summed E-state index contributed by atoms with van der Waals surface area (Å²) in [6.07, 6.45) is 0.960. The van der Waals surface area contributed by atoms with Gasteiger partial charge in [-0.3, -0.25) is 14.4 Å². The molecule has 0 aliphatic carbocycles. The van der Waals surface area contributed by atoms with E-state index in [0.29, 0.717) is 5.56 Å². The molecule has 0 aliphatic rings. The van der Waals surface area contributed by atoms with Crippen molar-refractivity contribution < 1.29 is 23.9 Å². The van der Waals surface area contributed by atoms with Gasteiger partial charge in [0.1, 0.15) is 17.7 Å². The van der Waals surface area contributed by atoms with Crippen molar-refractivity contribution in [2.24, 2.45) is 5.73 Å². The first-order chi connectivity index (χ1) is 15.8. The summed E-state index contributed by atoms with van der Waals surface area (Å²) >= 11 is 0. The molecule has 0 saturated carbocycles. The summed E-state index contributed by atoms with van der Waals surface area (Å²) in [4.78, 5) is 52.2. The van der Waals surface area contributed by atoms with Crippen LogP contribution in [-0.4, -0.2) is 52.9 Å². The number of primary amides is 1. The highest BCUT2D eigenvalue weighted by atomic mass is 16.6. The SMILES string of the molecule is C=CCN(C(=O)C(CC(N)=O)NC(=O)OC(C)(C)C)C(C(=O)NC(C)C)c1ccc(CC)cc1. The van der Waals surface area contributed by atoms with Crippen molar-refractivity contribution in [2.75, 3.05) is 6.54 Å². The summed E-state index contributed by atoms with van der Waals surface area (Å²) in [6.45, 7) is 14.4. The van der Waals surface area contributed by atoms with Crippen molar-refractivity contribution in [1.82, 2.24) is 15.5 Å². The van der Waals surface area contributed by atoms with E-state index < -0.39 is 47.9 Å². The summed E-state index contributed by atoms with van der Waals surface area (Å²) < 4.78 is 5.24. The molecular formula is C25H38N4O5. The Hall–Kier alpha value is -3.36. The normalized spacial score (nSPS) is 12.9. The Labute approximate surface area is 202 Å². The van der Waals surface area contributed by atoms with Crippen LogP contribution in [0.4, 0.5) is 4.79 Å². The molecule has 1 aromatic carbocycles. The average molecular weight is 475 g/mol. The molecule has 2 unspecified atom stereocenters. The van der Waals surface area contributed by atoms with Gasteiger partial charge in [0.05, 0.1) is 6.42 Å². The molecule has 188 valence electrons. The molecule has 0 fully saturated rings. The summed E-state index contributed by atoms with van der Waals surface area (Å²) in [5, 5.41) is 5.27. The number of alkyl carbamates (subject to hydrolysis) is 1. The number of carbonyl (C=O) groups excluding carboxylic acids is 4. The predicted molar refractivity (Wildman–Crippen MR) is 131 cm³/mol. The quantitative estimate of drug-likeness (QED) is 0.424. The fourth-order valence-corrected chi connectivity index (χ4v) is 3.28. The van der Waals surface area contributed by atoms with Gasteiger partial charge < -0.3 is 26.0 Å². The second-order valence-corrected chi connectivity index (χ2v) is 9.31. The van der Waals surface area contributed by atoms with E-state index in [1.54, 1.807) is 32.9 Å². The minimum atomic E-state index is -1.32. The number of rotatable bonds is 11. The first kappa shape index (κ1) is 28.7. The van der Waals surface area contributed by atoms with E-state index in [9.17, 15) is 19.2 Å². The maximum absolute atomic E-state index is 13.6. The maximum atomic E-state index is 13.6. The third-order valence-corrected chi connectivity index (χ3v) is 4.70. The number of hydrogen-bond donors (Lipinski definition) is 3. The third-order valence-electron chi connectivity index (χ3n) is 4.70. The molecule has 34 heavy (non-hydrogen) atoms. The maximum Gasteiger partial charge on any atom is 0.408 e. The minimum absolute atomic E-state index is 0.00416. The van der Waals surface area contributed by atoms with Gasteiger partial charge in [-0.15, -0.1) is 6.58 Å². The summed E-state index contributed by atoms with van der Waals surface area (Å²) in [7, 11) is 0. The number of ether oxygens (including phenoxy) is 1. The van der Waals surface area contributed by atoms with Crippen molar-refractivity contribution in [1.29, 1.82) is 0 Å². The zero-order valence-electron chi connectivity index (χ0n) is 21.0. The fourth-order valence-electron chi connectivity index (χ4n) is 3.28. The monoisotopic (exact) mass is 474 g/mol. The number of aryl methyl sites for hydroxylation is 1. The highest BCUT2D eigenvalue weighted by molar-refractivity contribution is 5.94. The first-order valence-corrected chi connectivity index (χ1v) is 11.4. The lowest BCUT2D eigenvalue weighted by molar-refractivity contribution is -0.142. The summed E-state index contributed by atoms with van der Waals surface area (Å²) in [6, 6.07) is 4.84. The van der Waals surface area contributed by atoms with Crippen molar-refractivity contribution in [3.05, 3.63) is 48.0 Å². The van der Waals surface area contributed by atoms with Gasteiger partial charge in [0.2, 0.25) is 17.7 Å². The number of nitrogens with two attached hydrogens (primary N) is 1. The molecule has 1 rings (SSSR count). The van der Waals surface area contributed by atoms with E-state index in [2.05, 4.69) is 17.2 Å². The lowest BCUT2D eigenvalue weighted by atomic mass is 10.00. The van der Waals surface area contributed by atoms with E-state index in [-0.39, 0.29) is 12.6 Å². The topological polar surface area (TPSA) is 131 Å². The second-order valence-electron chi connectivity index (χ2n) is 9.31. The molecule has 9 heteroatoms. The van der Waals surface area contributed by atoms with Gasteiger partial charge >= 0.3 is 6.09 Å². The number of nitrogens with one attached hydrogen (secondary N) is 2. The van der Waals surface area contributed by atoms with Crippen molar-refractivity contribution in [3.63, 3.8) is 0 Å². The highest BCUT2D eigenvalue weighted by Gasteiger charge is 2.36. The molecule has 0 bridgehead atoms. The average Bonchev–Trinajstić information content (AvgIpc) is 2.70. The van der Waals surface area contributed by atoms with Crippen molar-refractivity contribution in [3.8, 4) is 0 Å². The van der Waals surface area contributed by atoms with Crippen LogP contribution >= 0.6 is 0 Å². The smallest absolute Gasteiger partial charge is 0.408 e. The third kappa shape index (κ3) is 9.25. The number of benzene rings is 1. The van der Waals surface area contributed by atoms with E-state index in [4.69, 9.17) is 10.5 Å². The summed E-state index contributed by atoms with van der Waals surface area (Å²) in [5.74, 6) is -1.85. The number of amides is 4. The van der Waals surface area contributed by atoms with Gasteiger partial charge in [0.15, 0.2) is 0 Å². The molecule has 1 aromatic rings. The molecule has 0 spiro atoms. The molecule has 4 N–H and O–H groups in total. The largest absolute Gasteiger partial charge is 0.444 e. The van der Waals surface area contributed by atoms with E-state index in [1.807, 2.05) is 32.9 Å². The second kappa shape index (κ2) is 12.8. The first-order valence-electron chi connectivity index (χ1n) is 11.4.